The van der Waals surface area contributed by atoms with Crippen LogP contribution < -0.4 is 10.1 Å². The Kier molecular flexibility index (Phi) is 7.16. The van der Waals surface area contributed by atoms with Crippen molar-refractivity contribution in [3.8, 4) is 17.0 Å². The first-order valence-electron chi connectivity index (χ1n) is 12.2. The highest BCUT2D eigenvalue weighted by Crippen LogP contribution is 2.28. The molecule has 2 atom stereocenters. The summed E-state index contributed by atoms with van der Waals surface area (Å²) in [5.41, 5.74) is 4.50. The van der Waals surface area contributed by atoms with Gasteiger partial charge in [0.25, 0.3) is 5.91 Å². The van der Waals surface area contributed by atoms with Gasteiger partial charge in [-0.25, -0.2) is 4.39 Å². The van der Waals surface area contributed by atoms with Crippen molar-refractivity contribution in [1.29, 1.82) is 0 Å². The van der Waals surface area contributed by atoms with Gasteiger partial charge in [-0.15, -0.1) is 0 Å². The lowest BCUT2D eigenvalue weighted by molar-refractivity contribution is 0.0140. The Bertz CT molecular complexity index is 1420. The van der Waals surface area contributed by atoms with Gasteiger partial charge in [0.1, 0.15) is 17.3 Å². The first-order chi connectivity index (χ1) is 17.9. The number of aromatic nitrogens is 3. The molecule has 2 aromatic carbocycles. The summed E-state index contributed by atoms with van der Waals surface area (Å²) in [6, 6.07) is 14.0. The van der Waals surface area contributed by atoms with E-state index in [1.165, 1.54) is 13.2 Å². The first-order valence-corrected chi connectivity index (χ1v) is 12.2. The highest BCUT2D eigenvalue weighted by atomic mass is 19.1. The van der Waals surface area contributed by atoms with Crippen molar-refractivity contribution in [2.45, 2.75) is 32.0 Å². The minimum atomic E-state index is -0.312. The Morgan fingerprint density at radius 3 is 2.84 bits per heavy atom. The summed E-state index contributed by atoms with van der Waals surface area (Å²) in [4.78, 5) is 19.7. The number of carbonyl (C=O) groups is 1. The summed E-state index contributed by atoms with van der Waals surface area (Å²) in [6.45, 7) is 3.49. The van der Waals surface area contributed by atoms with Crippen LogP contribution in [0.25, 0.3) is 22.2 Å². The summed E-state index contributed by atoms with van der Waals surface area (Å²) in [5.74, 6) is 0.0203. The number of rotatable bonds is 7. The predicted octanol–water partition coefficient (Wildman–Crippen LogP) is 4.10. The molecule has 1 amide bonds. The van der Waals surface area contributed by atoms with Crippen molar-refractivity contribution in [3.63, 3.8) is 0 Å². The van der Waals surface area contributed by atoms with E-state index in [0.29, 0.717) is 42.9 Å². The fourth-order valence-corrected chi connectivity index (χ4v) is 4.99. The van der Waals surface area contributed by atoms with Crippen molar-refractivity contribution in [2.24, 2.45) is 0 Å². The number of ether oxygens (including phenoxy) is 2. The number of fused-ring (bicyclic) bond motifs is 1. The number of halogens is 1. The number of hydrogen-bond donors (Lipinski definition) is 2. The summed E-state index contributed by atoms with van der Waals surface area (Å²) < 4.78 is 25.6. The van der Waals surface area contributed by atoms with Crippen molar-refractivity contribution in [2.75, 3.05) is 27.3 Å². The number of benzene rings is 2. The number of nitrogens with one attached hydrogen (secondary N) is 2. The Balaban J connectivity index is 1.34. The molecule has 0 saturated carbocycles. The van der Waals surface area contributed by atoms with Gasteiger partial charge in [-0.3, -0.25) is 19.8 Å². The molecule has 1 aliphatic rings. The monoisotopic (exact) mass is 503 g/mol. The fourth-order valence-electron chi connectivity index (χ4n) is 4.99. The molecule has 5 rings (SSSR count). The Morgan fingerprint density at radius 1 is 1.19 bits per heavy atom. The van der Waals surface area contributed by atoms with Crippen LogP contribution in [0.4, 0.5) is 4.39 Å². The van der Waals surface area contributed by atoms with Crippen LogP contribution in [0.1, 0.15) is 28.0 Å². The van der Waals surface area contributed by atoms with Gasteiger partial charge in [0.2, 0.25) is 0 Å². The van der Waals surface area contributed by atoms with Crippen molar-refractivity contribution in [3.05, 3.63) is 77.4 Å². The van der Waals surface area contributed by atoms with Gasteiger partial charge >= 0.3 is 0 Å². The van der Waals surface area contributed by atoms with Crippen LogP contribution in [0.3, 0.4) is 0 Å². The highest BCUT2D eigenvalue weighted by Gasteiger charge is 2.30. The molecule has 0 radical (unpaired) electrons. The normalized spacial score (nSPS) is 18.2. The second kappa shape index (κ2) is 10.7. The summed E-state index contributed by atoms with van der Waals surface area (Å²) in [6.07, 6.45) is 2.33. The summed E-state index contributed by atoms with van der Waals surface area (Å²) in [5, 5.41) is 11.5. The fraction of sp³-hybridized carbons (Fsp3) is 0.321. The molecule has 0 bridgehead atoms. The third kappa shape index (κ3) is 5.33. The topological polar surface area (TPSA) is 92.4 Å². The standard InChI is InChI=1S/C28H30FN5O3/c1-17-11-18(9-10-30-17)27-22-12-19(7-8-25(22)32-33-27)28(35)31-20-13-21(36-2)15-34(14-20)16-23-24(29)5-4-6-26(23)37-3/h4-12,20-21H,13-16H2,1-3H3,(H,31,35)(H,32,33). The molecule has 9 heteroatoms. The third-order valence-electron chi connectivity index (χ3n) is 6.83. The van der Waals surface area contributed by atoms with Crippen LogP contribution >= 0.6 is 0 Å². The van der Waals surface area contributed by atoms with Crippen LogP contribution in [0.5, 0.6) is 5.75 Å². The van der Waals surface area contributed by atoms with E-state index in [1.807, 2.05) is 31.2 Å². The van der Waals surface area contributed by atoms with Crippen LogP contribution in [0.15, 0.2) is 54.7 Å². The Morgan fingerprint density at radius 2 is 2.05 bits per heavy atom. The lowest BCUT2D eigenvalue weighted by Crippen LogP contribution is -2.52. The zero-order valence-corrected chi connectivity index (χ0v) is 21.1. The van der Waals surface area contributed by atoms with E-state index in [2.05, 4.69) is 25.4 Å². The number of pyridine rings is 1. The van der Waals surface area contributed by atoms with Gasteiger partial charge in [0.15, 0.2) is 0 Å². The number of H-pyrrole nitrogens is 1. The molecule has 0 spiro atoms. The van der Waals surface area contributed by atoms with E-state index in [4.69, 9.17) is 9.47 Å². The molecular formula is C28H30FN5O3. The summed E-state index contributed by atoms with van der Waals surface area (Å²) in [7, 11) is 3.19. The smallest absolute Gasteiger partial charge is 0.251 e. The number of likely N-dealkylation sites (tertiary alicyclic amines) is 1. The van der Waals surface area contributed by atoms with E-state index in [1.54, 1.807) is 31.5 Å². The van der Waals surface area contributed by atoms with Crippen LogP contribution in [0, 0.1) is 12.7 Å². The largest absolute Gasteiger partial charge is 0.496 e. The van der Waals surface area contributed by atoms with Gasteiger partial charge in [-0.05, 0) is 55.8 Å². The number of carbonyl (C=O) groups excluding carboxylic acids is 1. The maximum atomic E-state index is 14.6. The van der Waals surface area contributed by atoms with E-state index in [0.717, 1.165) is 27.9 Å². The van der Waals surface area contributed by atoms with Gasteiger partial charge < -0.3 is 14.8 Å². The molecule has 2 unspecified atom stereocenters. The van der Waals surface area contributed by atoms with Crippen LogP contribution in [-0.2, 0) is 11.3 Å². The molecule has 8 nitrogen and oxygen atoms in total. The number of nitrogens with zero attached hydrogens (tertiary/aromatic N) is 3. The van der Waals surface area contributed by atoms with Crippen molar-refractivity contribution in [1.82, 2.24) is 25.4 Å². The van der Waals surface area contributed by atoms with Gasteiger partial charge in [-0.2, -0.15) is 5.10 Å². The zero-order chi connectivity index (χ0) is 25.9. The molecule has 1 saturated heterocycles. The maximum absolute atomic E-state index is 14.6. The summed E-state index contributed by atoms with van der Waals surface area (Å²) >= 11 is 0. The second-order valence-corrected chi connectivity index (χ2v) is 9.40. The van der Waals surface area contributed by atoms with Crippen molar-refractivity contribution >= 4 is 16.8 Å². The van der Waals surface area contributed by atoms with Crippen LogP contribution in [-0.4, -0.2) is 65.4 Å². The second-order valence-electron chi connectivity index (χ2n) is 9.40. The number of hydrogen-bond acceptors (Lipinski definition) is 6. The zero-order valence-electron chi connectivity index (χ0n) is 21.1. The predicted molar refractivity (Wildman–Crippen MR) is 139 cm³/mol. The number of aryl methyl sites for hydroxylation is 1. The maximum Gasteiger partial charge on any atom is 0.251 e. The number of amides is 1. The number of aromatic amines is 1. The molecule has 2 N–H and O–H groups in total. The molecule has 2 aromatic heterocycles. The molecule has 0 aliphatic carbocycles. The molecule has 37 heavy (non-hydrogen) atoms. The van der Waals surface area contributed by atoms with Gasteiger partial charge in [0, 0.05) is 66.8 Å². The van der Waals surface area contributed by atoms with E-state index < -0.39 is 0 Å². The molecule has 1 fully saturated rings. The first kappa shape index (κ1) is 24.9. The molecule has 3 heterocycles. The van der Waals surface area contributed by atoms with Gasteiger partial charge in [0.05, 0.1) is 18.7 Å². The molecule has 192 valence electrons. The molecule has 1 aliphatic heterocycles. The lowest BCUT2D eigenvalue weighted by Gasteiger charge is -2.37. The molecule has 4 aromatic rings. The average Bonchev–Trinajstić information content (AvgIpc) is 3.33. The highest BCUT2D eigenvalue weighted by molar-refractivity contribution is 6.01. The van der Waals surface area contributed by atoms with E-state index in [-0.39, 0.29) is 23.9 Å². The van der Waals surface area contributed by atoms with Gasteiger partial charge in [-0.1, -0.05) is 6.07 Å². The average molecular weight is 504 g/mol. The molecular weight excluding hydrogens is 473 g/mol. The van der Waals surface area contributed by atoms with Crippen molar-refractivity contribution < 1.29 is 18.7 Å². The minimum absolute atomic E-state index is 0.0882. The Labute approximate surface area is 214 Å². The minimum Gasteiger partial charge on any atom is -0.496 e. The third-order valence-corrected chi connectivity index (χ3v) is 6.83. The van der Waals surface area contributed by atoms with E-state index in [9.17, 15) is 9.18 Å². The lowest BCUT2D eigenvalue weighted by atomic mass is 10.0. The quantitative estimate of drug-likeness (QED) is 0.395. The number of methoxy groups -OCH3 is 2. The van der Waals surface area contributed by atoms with E-state index >= 15 is 0 Å². The Hall–Kier alpha value is -3.82. The SMILES string of the molecule is COc1cccc(F)c1CN1CC(NC(=O)c2ccc3[nH]nc(-c4ccnc(C)c4)c3c2)CC(OC)C1. The number of piperidine rings is 1. The van der Waals surface area contributed by atoms with Crippen LogP contribution in [0.2, 0.25) is 0 Å².